The Labute approximate surface area is 92.1 Å². The van der Waals surface area contributed by atoms with E-state index in [1.807, 2.05) is 0 Å². The van der Waals surface area contributed by atoms with Crippen molar-refractivity contribution in [3.05, 3.63) is 0 Å². The van der Waals surface area contributed by atoms with Gasteiger partial charge < -0.3 is 10.2 Å². The van der Waals surface area contributed by atoms with Crippen LogP contribution in [0.1, 0.15) is 20.3 Å². The highest BCUT2D eigenvalue weighted by atomic mass is 15.3. The Bertz CT molecular complexity index is 214. The molecule has 0 aromatic rings. The van der Waals surface area contributed by atoms with Gasteiger partial charge in [-0.2, -0.15) is 0 Å². The molecule has 0 spiro atoms. The number of aliphatic imine (C=N–C) groups is 1. The Morgan fingerprint density at radius 3 is 2.80 bits per heavy atom. The zero-order valence-corrected chi connectivity index (χ0v) is 9.95. The van der Waals surface area contributed by atoms with Crippen LogP contribution in [0.25, 0.3) is 0 Å². The summed E-state index contributed by atoms with van der Waals surface area (Å²) in [7, 11) is 2.15. The minimum Gasteiger partial charge on any atom is -0.353 e. The first kappa shape index (κ1) is 12.3. The van der Waals surface area contributed by atoms with Gasteiger partial charge in [0.2, 0.25) is 5.96 Å². The summed E-state index contributed by atoms with van der Waals surface area (Å²) in [6.07, 6.45) is 1.24. The van der Waals surface area contributed by atoms with Crippen LogP contribution in [-0.2, 0) is 0 Å². The van der Waals surface area contributed by atoms with E-state index in [1.54, 1.807) is 0 Å². The predicted molar refractivity (Wildman–Crippen MR) is 63.5 cm³/mol. The Kier molecular flexibility index (Phi) is 4.84. The van der Waals surface area contributed by atoms with E-state index in [-0.39, 0.29) is 0 Å². The Hall–Kier alpha value is -0.810. The molecule has 5 nitrogen and oxygen atoms in total. The van der Waals surface area contributed by atoms with E-state index < -0.39 is 0 Å². The van der Waals surface area contributed by atoms with Gasteiger partial charge in [0.1, 0.15) is 0 Å². The summed E-state index contributed by atoms with van der Waals surface area (Å²) >= 11 is 0. The Morgan fingerprint density at radius 1 is 1.60 bits per heavy atom. The molecule has 15 heavy (non-hydrogen) atoms. The molecule has 5 heteroatoms. The summed E-state index contributed by atoms with van der Waals surface area (Å²) in [4.78, 5) is 6.78. The van der Waals surface area contributed by atoms with E-state index in [4.69, 9.17) is 5.84 Å². The highest BCUT2D eigenvalue weighted by Gasteiger charge is 2.18. The number of hydrazine groups is 1. The van der Waals surface area contributed by atoms with Crippen LogP contribution in [0.3, 0.4) is 0 Å². The number of hydrogen-bond donors (Lipinski definition) is 3. The van der Waals surface area contributed by atoms with Gasteiger partial charge in [0.15, 0.2) is 0 Å². The summed E-state index contributed by atoms with van der Waals surface area (Å²) in [6.45, 7) is 7.31. The minimum absolute atomic E-state index is 0.353. The molecule has 0 aromatic heterocycles. The first-order valence-corrected chi connectivity index (χ1v) is 5.58. The van der Waals surface area contributed by atoms with Crippen molar-refractivity contribution in [1.82, 2.24) is 15.6 Å². The predicted octanol–water partition coefficient (Wildman–Crippen LogP) is -0.245. The second-order valence-corrected chi connectivity index (χ2v) is 4.55. The molecule has 0 radical (unpaired) electrons. The Balaban J connectivity index is 2.33. The third kappa shape index (κ3) is 4.48. The van der Waals surface area contributed by atoms with Crippen LogP contribution in [-0.4, -0.2) is 43.6 Å². The summed E-state index contributed by atoms with van der Waals surface area (Å²) < 4.78 is 0. The molecular weight excluding hydrogens is 190 g/mol. The maximum Gasteiger partial charge on any atom is 0.205 e. The molecule has 1 fully saturated rings. The third-order valence-corrected chi connectivity index (χ3v) is 2.56. The molecule has 1 saturated heterocycles. The molecule has 1 aliphatic rings. The number of nitrogens with one attached hydrogen (secondary N) is 2. The van der Waals surface area contributed by atoms with Crippen molar-refractivity contribution in [2.75, 3.05) is 26.7 Å². The second kappa shape index (κ2) is 5.92. The van der Waals surface area contributed by atoms with E-state index >= 15 is 0 Å². The maximum absolute atomic E-state index is 5.38. The van der Waals surface area contributed by atoms with Gasteiger partial charge in [-0.25, -0.2) is 5.84 Å². The number of nitrogens with two attached hydrogens (primary N) is 1. The molecule has 0 saturated carbocycles. The van der Waals surface area contributed by atoms with Crippen molar-refractivity contribution in [2.24, 2.45) is 16.8 Å². The number of guanidine groups is 1. The average molecular weight is 213 g/mol. The summed E-state index contributed by atoms with van der Waals surface area (Å²) in [5.41, 5.74) is 2.59. The number of likely N-dealkylation sites (tertiary alicyclic amines) is 1. The third-order valence-electron chi connectivity index (χ3n) is 2.56. The van der Waals surface area contributed by atoms with Gasteiger partial charge in [-0.1, -0.05) is 0 Å². The molecule has 1 aliphatic heterocycles. The molecular formula is C10H23N5. The lowest BCUT2D eigenvalue weighted by Crippen LogP contribution is -2.44. The van der Waals surface area contributed by atoms with Crippen LogP contribution in [0.15, 0.2) is 4.99 Å². The molecule has 0 amide bonds. The van der Waals surface area contributed by atoms with Gasteiger partial charge in [0.25, 0.3) is 0 Å². The molecule has 0 aromatic carbocycles. The smallest absolute Gasteiger partial charge is 0.205 e. The van der Waals surface area contributed by atoms with Gasteiger partial charge >= 0.3 is 0 Å². The highest BCUT2D eigenvalue weighted by molar-refractivity contribution is 5.79. The van der Waals surface area contributed by atoms with Gasteiger partial charge in [-0.05, 0) is 39.8 Å². The maximum atomic E-state index is 5.38. The van der Waals surface area contributed by atoms with Gasteiger partial charge in [-0.3, -0.25) is 10.4 Å². The van der Waals surface area contributed by atoms with Crippen LogP contribution in [0, 0.1) is 5.92 Å². The molecule has 1 rings (SSSR count). The van der Waals surface area contributed by atoms with Crippen molar-refractivity contribution in [2.45, 2.75) is 26.3 Å². The lowest BCUT2D eigenvalue weighted by molar-refractivity contribution is 0.397. The van der Waals surface area contributed by atoms with E-state index in [1.165, 1.54) is 13.0 Å². The van der Waals surface area contributed by atoms with E-state index in [0.29, 0.717) is 17.9 Å². The van der Waals surface area contributed by atoms with E-state index in [9.17, 15) is 0 Å². The fourth-order valence-electron chi connectivity index (χ4n) is 1.80. The van der Waals surface area contributed by atoms with Crippen LogP contribution >= 0.6 is 0 Å². The summed E-state index contributed by atoms with van der Waals surface area (Å²) in [5.74, 6) is 6.75. The molecule has 0 aliphatic carbocycles. The largest absolute Gasteiger partial charge is 0.353 e. The molecule has 1 heterocycles. The van der Waals surface area contributed by atoms with Crippen molar-refractivity contribution >= 4 is 5.96 Å². The van der Waals surface area contributed by atoms with Crippen molar-refractivity contribution < 1.29 is 0 Å². The molecule has 1 atom stereocenters. The normalized spacial score (nSPS) is 23.5. The lowest BCUT2D eigenvalue weighted by Gasteiger charge is -2.13. The average Bonchev–Trinajstić information content (AvgIpc) is 2.58. The minimum atomic E-state index is 0.353. The van der Waals surface area contributed by atoms with Crippen molar-refractivity contribution in [1.29, 1.82) is 0 Å². The topological polar surface area (TPSA) is 65.7 Å². The molecule has 4 N–H and O–H groups in total. The van der Waals surface area contributed by atoms with Crippen molar-refractivity contribution in [3.8, 4) is 0 Å². The van der Waals surface area contributed by atoms with E-state index in [0.717, 1.165) is 13.1 Å². The van der Waals surface area contributed by atoms with Gasteiger partial charge in [-0.15, -0.1) is 0 Å². The molecule has 0 bridgehead atoms. The van der Waals surface area contributed by atoms with Crippen LogP contribution in [0.4, 0.5) is 0 Å². The number of rotatable bonds is 3. The fourth-order valence-corrected chi connectivity index (χ4v) is 1.80. The molecule has 88 valence electrons. The monoisotopic (exact) mass is 213 g/mol. The SMILES string of the molecule is CC(C)NC(=NCC1CCN(C)C1)NN. The standard InChI is InChI=1S/C10H23N5/c1-8(2)13-10(14-11)12-6-9-4-5-15(3)7-9/h8-9H,4-7,11H2,1-3H3,(H2,12,13,14). The van der Waals surface area contributed by atoms with Gasteiger partial charge in [0.05, 0.1) is 0 Å². The zero-order valence-electron chi connectivity index (χ0n) is 9.95. The lowest BCUT2D eigenvalue weighted by atomic mass is 10.1. The second-order valence-electron chi connectivity index (χ2n) is 4.55. The Morgan fingerprint density at radius 2 is 2.33 bits per heavy atom. The highest BCUT2D eigenvalue weighted by Crippen LogP contribution is 2.13. The van der Waals surface area contributed by atoms with Crippen LogP contribution in [0.2, 0.25) is 0 Å². The summed E-state index contributed by atoms with van der Waals surface area (Å²) in [5, 5.41) is 3.16. The zero-order chi connectivity index (χ0) is 11.3. The van der Waals surface area contributed by atoms with Crippen LogP contribution in [0.5, 0.6) is 0 Å². The van der Waals surface area contributed by atoms with Crippen LogP contribution < -0.4 is 16.6 Å². The fraction of sp³-hybridized carbons (Fsp3) is 0.900. The first-order valence-electron chi connectivity index (χ1n) is 5.58. The van der Waals surface area contributed by atoms with Gasteiger partial charge in [0, 0.05) is 19.1 Å². The molecule has 1 unspecified atom stereocenters. The number of nitrogens with zero attached hydrogens (tertiary/aromatic N) is 2. The van der Waals surface area contributed by atoms with E-state index in [2.05, 4.69) is 41.5 Å². The quantitative estimate of drug-likeness (QED) is 0.262. The van der Waals surface area contributed by atoms with Crippen molar-refractivity contribution in [3.63, 3.8) is 0 Å². The summed E-state index contributed by atoms with van der Waals surface area (Å²) in [6, 6.07) is 0.353. The number of hydrogen-bond acceptors (Lipinski definition) is 3. The first-order chi connectivity index (χ1) is 7.11.